The standard InChI is InChI=1S/C13H28N2S/c1-4-7-13-11-15(12(2)10-14-13)8-5-6-9-16-3/h12-14H,4-11H2,1-3H3. The minimum absolute atomic E-state index is 0.724. The zero-order valence-electron chi connectivity index (χ0n) is 11.2. The van der Waals surface area contributed by atoms with Crippen molar-refractivity contribution in [3.05, 3.63) is 0 Å². The van der Waals surface area contributed by atoms with Gasteiger partial charge in [0.2, 0.25) is 0 Å². The first-order chi connectivity index (χ1) is 7.77. The van der Waals surface area contributed by atoms with E-state index in [9.17, 15) is 0 Å². The molecule has 0 aromatic heterocycles. The van der Waals surface area contributed by atoms with E-state index in [1.54, 1.807) is 0 Å². The van der Waals surface area contributed by atoms with Gasteiger partial charge in [-0.2, -0.15) is 11.8 Å². The van der Waals surface area contributed by atoms with Gasteiger partial charge in [0, 0.05) is 25.2 Å². The van der Waals surface area contributed by atoms with Crippen molar-refractivity contribution in [2.45, 2.75) is 51.6 Å². The predicted octanol–water partition coefficient (Wildman–Crippen LogP) is 2.59. The zero-order valence-corrected chi connectivity index (χ0v) is 12.0. The lowest BCUT2D eigenvalue weighted by molar-refractivity contribution is 0.135. The quantitative estimate of drug-likeness (QED) is 0.693. The van der Waals surface area contributed by atoms with Gasteiger partial charge < -0.3 is 5.32 Å². The summed E-state index contributed by atoms with van der Waals surface area (Å²) in [4.78, 5) is 2.68. The molecule has 0 amide bonds. The summed E-state index contributed by atoms with van der Waals surface area (Å²) in [5.41, 5.74) is 0. The van der Waals surface area contributed by atoms with E-state index in [-0.39, 0.29) is 0 Å². The number of hydrogen-bond donors (Lipinski definition) is 1. The lowest BCUT2D eigenvalue weighted by atomic mass is 10.1. The Morgan fingerprint density at radius 3 is 2.88 bits per heavy atom. The average molecular weight is 244 g/mol. The highest BCUT2D eigenvalue weighted by atomic mass is 32.2. The third kappa shape index (κ3) is 5.07. The molecule has 1 N–H and O–H groups in total. The van der Waals surface area contributed by atoms with Crippen molar-refractivity contribution in [1.82, 2.24) is 10.2 Å². The molecular weight excluding hydrogens is 216 g/mol. The molecule has 0 aromatic rings. The fraction of sp³-hybridized carbons (Fsp3) is 1.00. The van der Waals surface area contributed by atoms with Gasteiger partial charge in [0.15, 0.2) is 0 Å². The van der Waals surface area contributed by atoms with E-state index in [4.69, 9.17) is 0 Å². The largest absolute Gasteiger partial charge is 0.311 e. The van der Waals surface area contributed by atoms with Crippen LogP contribution in [0.5, 0.6) is 0 Å². The lowest BCUT2D eigenvalue weighted by Crippen LogP contribution is -2.55. The molecule has 0 aliphatic carbocycles. The SMILES string of the molecule is CCCC1CN(CCCCSC)C(C)CN1. The molecule has 1 aliphatic rings. The van der Waals surface area contributed by atoms with Crippen LogP contribution < -0.4 is 5.32 Å². The first-order valence-corrected chi connectivity index (χ1v) is 8.13. The second-order valence-electron chi connectivity index (χ2n) is 4.94. The van der Waals surface area contributed by atoms with Crippen LogP contribution in [0, 0.1) is 0 Å². The van der Waals surface area contributed by atoms with E-state index in [1.807, 2.05) is 11.8 Å². The molecular formula is C13H28N2S. The van der Waals surface area contributed by atoms with Gasteiger partial charge in [0.05, 0.1) is 0 Å². The Balaban J connectivity index is 2.21. The zero-order chi connectivity index (χ0) is 11.8. The van der Waals surface area contributed by atoms with E-state index in [1.165, 1.54) is 51.1 Å². The van der Waals surface area contributed by atoms with Crippen LogP contribution in [0.2, 0.25) is 0 Å². The van der Waals surface area contributed by atoms with Crippen LogP contribution in [-0.2, 0) is 0 Å². The van der Waals surface area contributed by atoms with Crippen molar-refractivity contribution in [3.8, 4) is 0 Å². The molecule has 0 spiro atoms. The molecule has 1 rings (SSSR count). The Kier molecular flexibility index (Phi) is 7.50. The number of thioether (sulfide) groups is 1. The molecule has 0 aromatic carbocycles. The summed E-state index contributed by atoms with van der Waals surface area (Å²) in [6.45, 7) is 8.36. The minimum atomic E-state index is 0.724. The van der Waals surface area contributed by atoms with Gasteiger partial charge in [0.1, 0.15) is 0 Å². The van der Waals surface area contributed by atoms with Crippen LogP contribution in [0.4, 0.5) is 0 Å². The Labute approximate surface area is 106 Å². The molecule has 2 atom stereocenters. The number of nitrogens with one attached hydrogen (secondary N) is 1. The van der Waals surface area contributed by atoms with Crippen molar-refractivity contribution in [1.29, 1.82) is 0 Å². The summed E-state index contributed by atoms with van der Waals surface area (Å²) in [6.07, 6.45) is 7.56. The third-order valence-corrected chi connectivity index (χ3v) is 4.16. The predicted molar refractivity (Wildman–Crippen MR) is 75.3 cm³/mol. The van der Waals surface area contributed by atoms with Gasteiger partial charge in [-0.05, 0) is 44.7 Å². The number of hydrogen-bond acceptors (Lipinski definition) is 3. The maximum absolute atomic E-state index is 3.66. The van der Waals surface area contributed by atoms with Crippen LogP contribution in [-0.4, -0.2) is 48.6 Å². The number of unbranched alkanes of at least 4 members (excludes halogenated alkanes) is 1. The molecule has 2 nitrogen and oxygen atoms in total. The maximum Gasteiger partial charge on any atom is 0.0195 e. The Bertz CT molecular complexity index is 175. The van der Waals surface area contributed by atoms with Crippen molar-refractivity contribution < 1.29 is 0 Å². The van der Waals surface area contributed by atoms with Crippen molar-refractivity contribution in [2.24, 2.45) is 0 Å². The summed E-state index contributed by atoms with van der Waals surface area (Å²) >= 11 is 1.97. The second kappa shape index (κ2) is 8.37. The van der Waals surface area contributed by atoms with Crippen LogP contribution in [0.1, 0.15) is 39.5 Å². The minimum Gasteiger partial charge on any atom is -0.311 e. The van der Waals surface area contributed by atoms with Crippen LogP contribution >= 0.6 is 11.8 Å². The topological polar surface area (TPSA) is 15.3 Å². The summed E-state index contributed by atoms with van der Waals surface area (Å²) in [7, 11) is 0. The van der Waals surface area contributed by atoms with Crippen LogP contribution in [0.3, 0.4) is 0 Å². The monoisotopic (exact) mass is 244 g/mol. The number of piperazine rings is 1. The lowest BCUT2D eigenvalue weighted by Gasteiger charge is -2.39. The van der Waals surface area contributed by atoms with E-state index in [0.29, 0.717) is 0 Å². The maximum atomic E-state index is 3.66. The van der Waals surface area contributed by atoms with Crippen molar-refractivity contribution in [2.75, 3.05) is 31.6 Å². The Morgan fingerprint density at radius 2 is 2.19 bits per heavy atom. The van der Waals surface area contributed by atoms with E-state index in [0.717, 1.165) is 12.1 Å². The Hall–Kier alpha value is 0.270. The summed E-state index contributed by atoms with van der Waals surface area (Å²) in [6, 6.07) is 1.46. The van der Waals surface area contributed by atoms with Gasteiger partial charge in [0.25, 0.3) is 0 Å². The molecule has 0 bridgehead atoms. The van der Waals surface area contributed by atoms with Gasteiger partial charge >= 0.3 is 0 Å². The highest BCUT2D eigenvalue weighted by Gasteiger charge is 2.23. The molecule has 16 heavy (non-hydrogen) atoms. The van der Waals surface area contributed by atoms with Gasteiger partial charge in [-0.1, -0.05) is 13.3 Å². The third-order valence-electron chi connectivity index (χ3n) is 3.46. The fourth-order valence-corrected chi connectivity index (χ4v) is 2.90. The summed E-state index contributed by atoms with van der Waals surface area (Å²) in [5, 5.41) is 3.66. The molecule has 0 radical (unpaired) electrons. The normalized spacial score (nSPS) is 27.2. The molecule has 3 heteroatoms. The highest BCUT2D eigenvalue weighted by molar-refractivity contribution is 7.98. The number of rotatable bonds is 7. The molecule has 0 saturated carbocycles. The smallest absolute Gasteiger partial charge is 0.0195 e. The van der Waals surface area contributed by atoms with Crippen LogP contribution in [0.15, 0.2) is 0 Å². The molecule has 1 aliphatic heterocycles. The van der Waals surface area contributed by atoms with E-state index >= 15 is 0 Å². The summed E-state index contributed by atoms with van der Waals surface area (Å²) in [5.74, 6) is 1.32. The van der Waals surface area contributed by atoms with Gasteiger partial charge in [-0.25, -0.2) is 0 Å². The van der Waals surface area contributed by atoms with Crippen molar-refractivity contribution in [3.63, 3.8) is 0 Å². The first kappa shape index (κ1) is 14.3. The average Bonchev–Trinajstić information content (AvgIpc) is 2.29. The Morgan fingerprint density at radius 1 is 1.38 bits per heavy atom. The molecule has 96 valence electrons. The van der Waals surface area contributed by atoms with Gasteiger partial charge in [-0.3, -0.25) is 4.90 Å². The highest BCUT2D eigenvalue weighted by Crippen LogP contribution is 2.12. The first-order valence-electron chi connectivity index (χ1n) is 6.74. The fourth-order valence-electron chi connectivity index (χ4n) is 2.41. The summed E-state index contributed by atoms with van der Waals surface area (Å²) < 4.78 is 0. The van der Waals surface area contributed by atoms with Gasteiger partial charge in [-0.15, -0.1) is 0 Å². The van der Waals surface area contributed by atoms with Crippen molar-refractivity contribution >= 4 is 11.8 Å². The van der Waals surface area contributed by atoms with Crippen LogP contribution in [0.25, 0.3) is 0 Å². The molecule has 1 fully saturated rings. The number of nitrogens with zero attached hydrogens (tertiary/aromatic N) is 1. The van der Waals surface area contributed by atoms with E-state index < -0.39 is 0 Å². The molecule has 1 saturated heterocycles. The second-order valence-corrected chi connectivity index (χ2v) is 5.92. The van der Waals surface area contributed by atoms with E-state index in [2.05, 4.69) is 30.3 Å². The molecule has 1 heterocycles. The molecule has 2 unspecified atom stereocenters.